The van der Waals surface area contributed by atoms with Crippen LogP contribution in [-0.2, 0) is 16.0 Å². The van der Waals surface area contributed by atoms with Gasteiger partial charge in [-0.1, -0.05) is 41.4 Å². The lowest BCUT2D eigenvalue weighted by molar-refractivity contribution is -0.142. The molecule has 1 saturated heterocycles. The Morgan fingerprint density at radius 2 is 1.84 bits per heavy atom. The van der Waals surface area contributed by atoms with Crippen LogP contribution in [0.3, 0.4) is 0 Å². The molecule has 168 valence electrons. The monoisotopic (exact) mass is 486 g/mol. The molecule has 1 aliphatic rings. The minimum absolute atomic E-state index is 0. The molecule has 1 fully saturated rings. The molecule has 9 heteroatoms. The molecular weight excluding hydrogens is 463 g/mol. The van der Waals surface area contributed by atoms with E-state index in [0.29, 0.717) is 0 Å². The van der Waals surface area contributed by atoms with Crippen LogP contribution in [0, 0.1) is 0 Å². The van der Waals surface area contributed by atoms with Crippen molar-refractivity contribution in [2.45, 2.75) is 31.4 Å². The highest BCUT2D eigenvalue weighted by molar-refractivity contribution is 6.39. The largest absolute Gasteiger partial charge is 0.489 e. The molecule has 2 aromatic rings. The fourth-order valence-corrected chi connectivity index (χ4v) is 3.90. The third-order valence-electron chi connectivity index (χ3n) is 4.90. The van der Waals surface area contributed by atoms with E-state index in [4.69, 9.17) is 32.7 Å². The first-order valence-electron chi connectivity index (χ1n) is 9.77. The van der Waals surface area contributed by atoms with Crippen LogP contribution in [-0.4, -0.2) is 44.2 Å². The number of amides is 1. The van der Waals surface area contributed by atoms with Crippen molar-refractivity contribution < 1.29 is 19.1 Å². The van der Waals surface area contributed by atoms with Gasteiger partial charge in [0.2, 0.25) is 0 Å². The first kappa shape index (κ1) is 25.3. The SMILES string of the molecule is COC(=O)[C@H](Cc1ccc(O[C@@H]2CCCNC2)cc1)NC(=O)c1c(Cl)cccc1Cl.Cl. The zero-order chi connectivity index (χ0) is 21.5. The van der Waals surface area contributed by atoms with E-state index < -0.39 is 17.9 Å². The summed E-state index contributed by atoms with van der Waals surface area (Å²) in [5.41, 5.74) is 0.977. The predicted octanol–water partition coefficient (Wildman–Crippen LogP) is 4.06. The van der Waals surface area contributed by atoms with Gasteiger partial charge < -0.3 is 20.1 Å². The summed E-state index contributed by atoms with van der Waals surface area (Å²) in [7, 11) is 1.28. The van der Waals surface area contributed by atoms with E-state index in [9.17, 15) is 9.59 Å². The maximum absolute atomic E-state index is 12.7. The number of esters is 1. The molecule has 0 aromatic heterocycles. The molecule has 2 aromatic carbocycles. The Morgan fingerprint density at radius 1 is 1.16 bits per heavy atom. The van der Waals surface area contributed by atoms with E-state index in [-0.39, 0.29) is 40.5 Å². The van der Waals surface area contributed by atoms with Gasteiger partial charge in [0.1, 0.15) is 17.9 Å². The molecule has 0 bridgehead atoms. The summed E-state index contributed by atoms with van der Waals surface area (Å²) >= 11 is 12.2. The minimum atomic E-state index is -0.885. The average molecular weight is 488 g/mol. The van der Waals surface area contributed by atoms with Crippen LogP contribution in [0.4, 0.5) is 0 Å². The van der Waals surface area contributed by atoms with E-state index in [2.05, 4.69) is 10.6 Å². The lowest BCUT2D eigenvalue weighted by Crippen LogP contribution is -2.43. The van der Waals surface area contributed by atoms with Crippen LogP contribution < -0.4 is 15.4 Å². The molecule has 31 heavy (non-hydrogen) atoms. The van der Waals surface area contributed by atoms with Crippen molar-refractivity contribution in [2.24, 2.45) is 0 Å². The zero-order valence-corrected chi connectivity index (χ0v) is 19.4. The average Bonchev–Trinajstić information content (AvgIpc) is 2.74. The zero-order valence-electron chi connectivity index (χ0n) is 17.0. The summed E-state index contributed by atoms with van der Waals surface area (Å²) in [6, 6.07) is 11.4. The fourth-order valence-electron chi connectivity index (χ4n) is 3.33. The van der Waals surface area contributed by atoms with Crippen molar-refractivity contribution in [1.82, 2.24) is 10.6 Å². The molecule has 2 N–H and O–H groups in total. The number of hydrogen-bond acceptors (Lipinski definition) is 5. The van der Waals surface area contributed by atoms with Gasteiger partial charge in [0.15, 0.2) is 0 Å². The summed E-state index contributed by atoms with van der Waals surface area (Å²) < 4.78 is 10.8. The van der Waals surface area contributed by atoms with Crippen molar-refractivity contribution in [1.29, 1.82) is 0 Å². The number of benzene rings is 2. The number of nitrogens with one attached hydrogen (secondary N) is 2. The molecule has 0 radical (unpaired) electrons. The predicted molar refractivity (Wildman–Crippen MR) is 124 cm³/mol. The minimum Gasteiger partial charge on any atom is -0.489 e. The molecule has 1 heterocycles. The summed E-state index contributed by atoms with van der Waals surface area (Å²) in [4.78, 5) is 24.9. The Balaban J connectivity index is 0.00000341. The van der Waals surface area contributed by atoms with Gasteiger partial charge in [-0.3, -0.25) is 4.79 Å². The maximum atomic E-state index is 12.7. The number of carbonyl (C=O) groups is 2. The number of methoxy groups -OCH3 is 1. The van der Waals surface area contributed by atoms with Gasteiger partial charge in [-0.05, 0) is 49.2 Å². The van der Waals surface area contributed by atoms with Gasteiger partial charge in [-0.2, -0.15) is 0 Å². The smallest absolute Gasteiger partial charge is 0.328 e. The van der Waals surface area contributed by atoms with Crippen LogP contribution >= 0.6 is 35.6 Å². The molecular formula is C22H25Cl3N2O4. The van der Waals surface area contributed by atoms with Crippen LogP contribution in [0.25, 0.3) is 0 Å². The highest BCUT2D eigenvalue weighted by atomic mass is 35.5. The highest BCUT2D eigenvalue weighted by Crippen LogP contribution is 2.24. The summed E-state index contributed by atoms with van der Waals surface area (Å²) in [5, 5.41) is 6.41. The second-order valence-electron chi connectivity index (χ2n) is 7.08. The number of ether oxygens (including phenoxy) is 2. The molecule has 1 amide bonds. The Labute approximate surface area is 198 Å². The van der Waals surface area contributed by atoms with Crippen molar-refractivity contribution in [3.63, 3.8) is 0 Å². The van der Waals surface area contributed by atoms with E-state index in [1.165, 1.54) is 7.11 Å². The van der Waals surface area contributed by atoms with Crippen molar-refractivity contribution in [2.75, 3.05) is 20.2 Å². The van der Waals surface area contributed by atoms with Gasteiger partial charge in [-0.15, -0.1) is 12.4 Å². The van der Waals surface area contributed by atoms with Gasteiger partial charge >= 0.3 is 5.97 Å². The second kappa shape index (κ2) is 12.2. The number of piperidine rings is 1. The number of hydrogen-bond donors (Lipinski definition) is 2. The van der Waals surface area contributed by atoms with E-state index in [0.717, 1.165) is 37.2 Å². The topological polar surface area (TPSA) is 76.7 Å². The lowest BCUT2D eigenvalue weighted by Gasteiger charge is -2.24. The highest BCUT2D eigenvalue weighted by Gasteiger charge is 2.25. The second-order valence-corrected chi connectivity index (χ2v) is 7.89. The molecule has 0 spiro atoms. The number of halogens is 3. The molecule has 0 saturated carbocycles. The van der Waals surface area contributed by atoms with Crippen LogP contribution in [0.2, 0.25) is 10.0 Å². The Bertz CT molecular complexity index is 867. The maximum Gasteiger partial charge on any atom is 0.328 e. The molecule has 0 unspecified atom stereocenters. The van der Waals surface area contributed by atoms with Crippen LogP contribution in [0.1, 0.15) is 28.8 Å². The van der Waals surface area contributed by atoms with Crippen molar-refractivity contribution >= 4 is 47.5 Å². The third kappa shape index (κ3) is 7.01. The Morgan fingerprint density at radius 3 is 2.42 bits per heavy atom. The van der Waals surface area contributed by atoms with Crippen molar-refractivity contribution in [3.05, 3.63) is 63.6 Å². The molecule has 0 aliphatic carbocycles. The first-order chi connectivity index (χ1) is 14.5. The Kier molecular flexibility index (Phi) is 9.91. The van der Waals surface area contributed by atoms with Gasteiger partial charge in [0.25, 0.3) is 5.91 Å². The molecule has 6 nitrogen and oxygen atoms in total. The van der Waals surface area contributed by atoms with Gasteiger partial charge in [0.05, 0.1) is 22.7 Å². The van der Waals surface area contributed by atoms with Crippen molar-refractivity contribution in [3.8, 4) is 5.75 Å². The number of rotatable bonds is 7. The first-order valence-corrected chi connectivity index (χ1v) is 10.5. The van der Waals surface area contributed by atoms with Gasteiger partial charge in [-0.25, -0.2) is 4.79 Å². The fraction of sp³-hybridized carbons (Fsp3) is 0.364. The Hall–Kier alpha value is -1.99. The van der Waals surface area contributed by atoms with E-state index in [1.54, 1.807) is 18.2 Å². The molecule has 2 atom stereocenters. The molecule has 3 rings (SSSR count). The standard InChI is InChI=1S/C22H24Cl2N2O4.ClH/c1-29-22(28)19(26-21(27)20-17(23)5-2-6-18(20)24)12-14-7-9-15(10-8-14)30-16-4-3-11-25-13-16;/h2,5-10,16,19,25H,3-4,11-13H2,1H3,(H,26,27);1H/t16-,19+;/m1./s1. The summed E-state index contributed by atoms with van der Waals surface area (Å²) in [6.45, 7) is 1.86. The lowest BCUT2D eigenvalue weighted by atomic mass is 10.0. The summed E-state index contributed by atoms with van der Waals surface area (Å²) in [6.07, 6.45) is 2.53. The number of carbonyl (C=O) groups excluding carboxylic acids is 2. The normalized spacial score (nSPS) is 16.5. The van der Waals surface area contributed by atoms with E-state index in [1.807, 2.05) is 24.3 Å². The van der Waals surface area contributed by atoms with E-state index >= 15 is 0 Å². The van der Waals surface area contributed by atoms with Crippen LogP contribution in [0.5, 0.6) is 5.75 Å². The van der Waals surface area contributed by atoms with Crippen LogP contribution in [0.15, 0.2) is 42.5 Å². The van der Waals surface area contributed by atoms with Gasteiger partial charge in [0, 0.05) is 13.0 Å². The third-order valence-corrected chi connectivity index (χ3v) is 5.53. The molecule has 1 aliphatic heterocycles. The summed E-state index contributed by atoms with van der Waals surface area (Å²) in [5.74, 6) is -0.320. The quantitative estimate of drug-likeness (QED) is 0.576.